The molecule has 6 N–H and O–H groups in total. The van der Waals surface area contributed by atoms with Gasteiger partial charge in [0.05, 0.1) is 61.6 Å². The van der Waals surface area contributed by atoms with Crippen LogP contribution in [0.4, 0.5) is 22.0 Å². The Hall–Kier alpha value is -9.51. The number of carboxylic acids is 1. The summed E-state index contributed by atoms with van der Waals surface area (Å²) in [6, 6.07) is 16.5. The monoisotopic (exact) mass is 1340 g/mol. The topological polar surface area (TPSA) is 346 Å². The summed E-state index contributed by atoms with van der Waals surface area (Å²) >= 11 is 1.31. The van der Waals surface area contributed by atoms with E-state index in [1.54, 1.807) is 101 Å². The van der Waals surface area contributed by atoms with Gasteiger partial charge in [-0.3, -0.25) is 48.1 Å². The van der Waals surface area contributed by atoms with Gasteiger partial charge in [-0.15, -0.1) is 0 Å². The van der Waals surface area contributed by atoms with Crippen molar-refractivity contribution >= 4 is 93.9 Å². The number of carbonyl (C=O) groups is 11. The number of imidazole rings is 1. The minimum atomic E-state index is -1.55. The fourth-order valence-corrected chi connectivity index (χ4v) is 11.9. The van der Waals surface area contributed by atoms with E-state index in [0.717, 1.165) is 15.4 Å². The number of carbonyl (C=O) groups excluding carboxylic acids is 10. The van der Waals surface area contributed by atoms with Gasteiger partial charge in [-0.05, 0) is 85.4 Å². The van der Waals surface area contributed by atoms with Gasteiger partial charge in [0.2, 0.25) is 35.4 Å². The molecular weight excluding hydrogens is 1260 g/mol. The number of fused-ring (bicyclic) bond motifs is 2. The molecule has 3 aliphatic rings. The third kappa shape index (κ3) is 18.7. The average Bonchev–Trinajstić information content (AvgIpc) is 1.61. The van der Waals surface area contributed by atoms with E-state index in [4.69, 9.17) is 18.9 Å². The molecule has 8 rings (SSSR count). The average molecular weight is 1340 g/mol. The number of anilines is 3. The first-order chi connectivity index (χ1) is 45.8. The lowest BCUT2D eigenvalue weighted by Crippen LogP contribution is -2.50. The summed E-state index contributed by atoms with van der Waals surface area (Å²) in [4.78, 5) is 151. The molecule has 2 fully saturated rings. The highest BCUT2D eigenvalue weighted by Gasteiger charge is 2.46. The number of hydrogen-bond donors (Lipinski definition) is 6. The van der Waals surface area contributed by atoms with Gasteiger partial charge in [-0.1, -0.05) is 62.4 Å². The third-order valence-corrected chi connectivity index (χ3v) is 17.6. The molecule has 5 atom stereocenters. The van der Waals surface area contributed by atoms with Crippen molar-refractivity contribution in [3.05, 3.63) is 125 Å². The molecule has 3 aromatic carbocycles. The van der Waals surface area contributed by atoms with Crippen LogP contribution in [-0.4, -0.2) is 182 Å². The van der Waals surface area contributed by atoms with Crippen molar-refractivity contribution in [2.24, 2.45) is 25.9 Å². The second-order valence-electron chi connectivity index (χ2n) is 24.2. The number of likely N-dealkylation sites (tertiary alicyclic amines) is 1. The predicted molar refractivity (Wildman–Crippen MR) is 354 cm³/mol. The van der Waals surface area contributed by atoms with E-state index in [2.05, 4.69) is 32.8 Å². The number of thioether (sulfide) groups is 1. The number of aromatic nitrogens is 3. The first-order valence-electron chi connectivity index (χ1n) is 31.6. The Bertz CT molecular complexity index is 3750. The second-order valence-corrected chi connectivity index (χ2v) is 25.3. The summed E-state index contributed by atoms with van der Waals surface area (Å²) < 4.78 is 26.0. The Balaban J connectivity index is 0.760. The molecule has 0 radical (unpaired) electrons. The third-order valence-electron chi connectivity index (χ3n) is 16.7. The number of rotatable bonds is 33. The van der Waals surface area contributed by atoms with E-state index in [0.29, 0.717) is 33.5 Å². The molecule has 0 aliphatic carbocycles. The zero-order valence-corrected chi connectivity index (χ0v) is 55.6. The van der Waals surface area contributed by atoms with Crippen LogP contribution in [0.2, 0.25) is 0 Å². The number of aryl methyl sites for hydroxylation is 3. The van der Waals surface area contributed by atoms with Gasteiger partial charge in [-0.2, -0.15) is 11.8 Å². The number of aliphatic hydroxyl groups excluding tert-OH is 1. The smallest absolute Gasteiger partial charge is 0.416 e. The van der Waals surface area contributed by atoms with Gasteiger partial charge in [0.25, 0.3) is 11.8 Å². The van der Waals surface area contributed by atoms with Crippen molar-refractivity contribution in [3.63, 3.8) is 0 Å². The maximum atomic E-state index is 14.2. The first-order valence-corrected chi connectivity index (χ1v) is 32.8. The number of imide groups is 1. The Morgan fingerprint density at radius 3 is 2.19 bits per heavy atom. The number of ether oxygens (including phenoxy) is 4. The summed E-state index contributed by atoms with van der Waals surface area (Å²) in [5.41, 5.74) is 4.62. The SMILES string of the molecule is C=C1C[C@H]2C(O)N(C(=O)OCc3ccc(CC(=O)[C@H](C)NC(=O)[C@@H](CC(=O)CCOCCOCCNC(=O)CCN4C(=O)CC(SC)C4=O)C(C)C)cc3)c3cc(OCCCC(=O)Nc4cn(C)c(C(=O)Nc5ccc(-c6cc(C(=O)O)n(C)c6)cc5)n4)c(C)cc3C(=O)N2C1. The molecule has 512 valence electrons. The lowest BCUT2D eigenvalue weighted by atomic mass is 9.88. The van der Waals surface area contributed by atoms with Gasteiger partial charge >= 0.3 is 12.1 Å². The zero-order valence-electron chi connectivity index (χ0n) is 54.8. The fraction of sp³-hybridized carbons (Fsp3) is 0.441. The number of nitrogens with zero attached hydrogens (tertiary/aromatic N) is 6. The van der Waals surface area contributed by atoms with E-state index in [9.17, 15) is 63.0 Å². The second kappa shape index (κ2) is 33.2. The Morgan fingerprint density at radius 1 is 0.802 bits per heavy atom. The summed E-state index contributed by atoms with van der Waals surface area (Å²) in [5.74, 6) is -4.64. The van der Waals surface area contributed by atoms with E-state index in [1.807, 2.05) is 13.8 Å². The number of carboxylic acid groups (broad SMARTS) is 1. The molecule has 27 nitrogen and oxygen atoms in total. The number of Topliss-reactive ketones (excluding diaryl/α,β-unsaturated/α-hetero) is 2. The molecular formula is C68H82N10O17S. The van der Waals surface area contributed by atoms with Crippen LogP contribution in [0.1, 0.15) is 114 Å². The summed E-state index contributed by atoms with van der Waals surface area (Å²) in [6.07, 6.45) is 3.01. The lowest BCUT2D eigenvalue weighted by Gasteiger charge is -2.31. The molecule has 5 heterocycles. The first kappa shape index (κ1) is 72.3. The number of aromatic carboxylic acids is 1. The van der Waals surface area contributed by atoms with Gasteiger partial charge in [0, 0.05) is 108 Å². The highest BCUT2D eigenvalue weighted by Crippen LogP contribution is 2.40. The van der Waals surface area contributed by atoms with Crippen molar-refractivity contribution < 1.29 is 81.9 Å². The number of ketones is 2. The molecule has 2 unspecified atom stereocenters. The van der Waals surface area contributed by atoms with Crippen LogP contribution < -0.4 is 30.9 Å². The van der Waals surface area contributed by atoms with Crippen molar-refractivity contribution in [3.8, 4) is 16.9 Å². The van der Waals surface area contributed by atoms with Crippen LogP contribution >= 0.6 is 11.8 Å². The summed E-state index contributed by atoms with van der Waals surface area (Å²) in [5, 5.41) is 31.9. The van der Waals surface area contributed by atoms with Crippen LogP contribution in [0.15, 0.2) is 91.3 Å². The minimum Gasteiger partial charge on any atom is -0.493 e. The predicted octanol–water partition coefficient (Wildman–Crippen LogP) is 6.00. The van der Waals surface area contributed by atoms with Crippen LogP contribution in [-0.2, 0) is 74.9 Å². The van der Waals surface area contributed by atoms with Gasteiger partial charge in [0.15, 0.2) is 17.8 Å². The van der Waals surface area contributed by atoms with Crippen molar-refractivity contribution in [1.82, 2.24) is 34.6 Å². The Labute approximate surface area is 559 Å². The van der Waals surface area contributed by atoms with Crippen molar-refractivity contribution in [2.75, 3.05) is 74.5 Å². The summed E-state index contributed by atoms with van der Waals surface area (Å²) in [6.45, 7) is 11.9. The molecule has 0 bridgehead atoms. The van der Waals surface area contributed by atoms with Crippen molar-refractivity contribution in [1.29, 1.82) is 0 Å². The normalized spacial score (nSPS) is 16.6. The Morgan fingerprint density at radius 2 is 1.51 bits per heavy atom. The molecule has 0 saturated carbocycles. The molecule has 0 spiro atoms. The maximum Gasteiger partial charge on any atom is 0.416 e. The highest BCUT2D eigenvalue weighted by atomic mass is 32.2. The molecule has 5 aromatic rings. The molecule has 3 aliphatic heterocycles. The van der Waals surface area contributed by atoms with Crippen LogP contribution in [0.25, 0.3) is 11.1 Å². The van der Waals surface area contributed by atoms with Gasteiger partial charge in [0.1, 0.15) is 23.8 Å². The van der Waals surface area contributed by atoms with Crippen molar-refractivity contribution in [2.45, 2.75) is 109 Å². The van der Waals surface area contributed by atoms with E-state index in [-0.39, 0.29) is 180 Å². The number of aliphatic hydroxyl groups is 1. The summed E-state index contributed by atoms with van der Waals surface area (Å²) in [7, 11) is 3.25. The van der Waals surface area contributed by atoms with Gasteiger partial charge < -0.3 is 64.5 Å². The zero-order chi connectivity index (χ0) is 69.5. The van der Waals surface area contributed by atoms with E-state index < -0.39 is 65.2 Å². The minimum absolute atomic E-state index is 0.00417. The fourth-order valence-electron chi connectivity index (χ4n) is 11.3. The van der Waals surface area contributed by atoms with Crippen LogP contribution in [0.3, 0.4) is 0 Å². The largest absolute Gasteiger partial charge is 0.493 e. The molecule has 8 amide bonds. The molecule has 2 aromatic heterocycles. The highest BCUT2D eigenvalue weighted by molar-refractivity contribution is 8.00. The number of benzene rings is 3. The molecule has 28 heteroatoms. The molecule has 2 saturated heterocycles. The maximum absolute atomic E-state index is 14.2. The van der Waals surface area contributed by atoms with E-state index >= 15 is 0 Å². The lowest BCUT2D eigenvalue weighted by molar-refractivity contribution is -0.138. The van der Waals surface area contributed by atoms with Crippen LogP contribution in [0.5, 0.6) is 5.75 Å². The van der Waals surface area contributed by atoms with Crippen LogP contribution in [0, 0.1) is 18.8 Å². The molecule has 96 heavy (non-hydrogen) atoms. The number of nitrogens with one attached hydrogen (secondary N) is 4. The quantitative estimate of drug-likeness (QED) is 0.0159. The number of amides is 8. The standard InChI is InChI=1S/C68H82N10O17S/c1-39(2)49(32-48(79)20-24-92-26-27-93-25-21-69-58(81)19-22-76-60(83)34-56(96-8)66(76)88)62(84)70-42(5)54(80)30-43-11-13-44(14-12-43)38-95-68(91)78-51-33-55(41(4)29-50(51)64(86)77-35-40(3)28-52(77)65(78)87)94-23-9-10-59(82)72-57-37-75(7)61(73-57)63(85)71-47-17-15-45(16-18-47)46-31-53(67(89)90)74(6)36-46/h11-18,29,31,33,36-37,39,42,49,52,56,65,87H,3,9-10,19-28,30,32,34-35,38H2,1-2,4-8H3,(H,69,81)(H,70,84)(H,71,85)(H,72,82)(H,89,90)/t42-,49-,52-,56?,65?/m0/s1. The van der Waals surface area contributed by atoms with Gasteiger partial charge in [-0.25, -0.2) is 19.5 Å². The number of hydrogen-bond acceptors (Lipinski definition) is 18. The Kier molecular flexibility index (Phi) is 25.0. The van der Waals surface area contributed by atoms with E-state index in [1.165, 1.54) is 38.1 Å².